The Morgan fingerprint density at radius 1 is 1.00 bits per heavy atom. The molecule has 1 atom stereocenters. The van der Waals surface area contributed by atoms with E-state index in [2.05, 4.69) is 66.5 Å². The van der Waals surface area contributed by atoms with Gasteiger partial charge in [-0.05, 0) is 29.0 Å². The number of benzene rings is 2. The van der Waals surface area contributed by atoms with Crippen molar-refractivity contribution < 1.29 is 4.74 Å². The highest BCUT2D eigenvalue weighted by molar-refractivity contribution is 5.84. The zero-order valence-electron chi connectivity index (χ0n) is 13.6. The zero-order chi connectivity index (χ0) is 15.9. The first-order chi connectivity index (χ1) is 11.4. The molecule has 1 unspecified atom stereocenters. The summed E-state index contributed by atoms with van der Waals surface area (Å²) in [6.45, 7) is 2.85. The van der Waals surface area contributed by atoms with E-state index < -0.39 is 0 Å². The maximum absolute atomic E-state index is 6.30. The van der Waals surface area contributed by atoms with E-state index in [0.717, 1.165) is 6.42 Å². The van der Waals surface area contributed by atoms with Gasteiger partial charge < -0.3 is 4.74 Å². The molecule has 0 radical (unpaired) electrons. The van der Waals surface area contributed by atoms with Crippen molar-refractivity contribution in [3.63, 3.8) is 0 Å². The van der Waals surface area contributed by atoms with E-state index >= 15 is 0 Å². The number of unbranched alkanes of at least 4 members (excludes halogenated alkanes) is 1. The predicted octanol–water partition coefficient (Wildman–Crippen LogP) is 5.68. The van der Waals surface area contributed by atoms with Crippen LogP contribution in [0.1, 0.15) is 43.4 Å². The molecule has 118 valence electrons. The van der Waals surface area contributed by atoms with E-state index in [0.29, 0.717) is 6.61 Å². The van der Waals surface area contributed by atoms with Crippen LogP contribution in [-0.2, 0) is 11.3 Å². The van der Waals surface area contributed by atoms with Crippen molar-refractivity contribution in [2.45, 2.75) is 38.9 Å². The SMILES string of the molecule is CCCCC(OCc1cccc2cnccc12)c1ccccc1. The van der Waals surface area contributed by atoms with Crippen LogP contribution in [0, 0.1) is 0 Å². The lowest BCUT2D eigenvalue weighted by Gasteiger charge is -2.19. The van der Waals surface area contributed by atoms with Crippen LogP contribution in [0.3, 0.4) is 0 Å². The van der Waals surface area contributed by atoms with Crippen LogP contribution in [0.5, 0.6) is 0 Å². The number of hydrogen-bond acceptors (Lipinski definition) is 2. The average molecular weight is 305 g/mol. The molecule has 23 heavy (non-hydrogen) atoms. The van der Waals surface area contributed by atoms with Crippen LogP contribution in [0.15, 0.2) is 67.0 Å². The maximum atomic E-state index is 6.30. The molecule has 0 aliphatic carbocycles. The number of fused-ring (bicyclic) bond motifs is 1. The lowest BCUT2D eigenvalue weighted by atomic mass is 10.0. The quantitative estimate of drug-likeness (QED) is 0.560. The lowest BCUT2D eigenvalue weighted by molar-refractivity contribution is 0.0330. The molecule has 0 aliphatic heterocycles. The fraction of sp³-hybridized carbons (Fsp3) is 0.286. The average Bonchev–Trinajstić information content (AvgIpc) is 2.62. The van der Waals surface area contributed by atoms with Crippen molar-refractivity contribution in [2.75, 3.05) is 0 Å². The zero-order valence-corrected chi connectivity index (χ0v) is 13.6. The fourth-order valence-electron chi connectivity index (χ4n) is 2.91. The van der Waals surface area contributed by atoms with Gasteiger partial charge in [0.1, 0.15) is 0 Å². The molecule has 2 aromatic carbocycles. The van der Waals surface area contributed by atoms with Gasteiger partial charge in [0.2, 0.25) is 0 Å². The molecule has 0 amide bonds. The second-order valence-electron chi connectivity index (χ2n) is 5.87. The normalized spacial score (nSPS) is 12.4. The molecule has 2 nitrogen and oxygen atoms in total. The van der Waals surface area contributed by atoms with E-state index in [1.54, 1.807) is 0 Å². The van der Waals surface area contributed by atoms with Gasteiger partial charge in [0.15, 0.2) is 0 Å². The maximum Gasteiger partial charge on any atom is 0.0829 e. The molecule has 0 bridgehead atoms. The molecule has 2 heteroatoms. The molecule has 3 aromatic rings. The molecule has 3 rings (SSSR count). The second-order valence-corrected chi connectivity index (χ2v) is 5.87. The smallest absolute Gasteiger partial charge is 0.0829 e. The lowest BCUT2D eigenvalue weighted by Crippen LogP contribution is -2.05. The van der Waals surface area contributed by atoms with Crippen LogP contribution in [0.4, 0.5) is 0 Å². The Kier molecular flexibility index (Phi) is 5.38. The summed E-state index contributed by atoms with van der Waals surface area (Å²) in [6, 6.07) is 18.9. The van der Waals surface area contributed by atoms with Crippen LogP contribution < -0.4 is 0 Å². The van der Waals surface area contributed by atoms with Crippen LogP contribution in [-0.4, -0.2) is 4.98 Å². The number of aromatic nitrogens is 1. The highest BCUT2D eigenvalue weighted by Crippen LogP contribution is 2.26. The van der Waals surface area contributed by atoms with Gasteiger partial charge >= 0.3 is 0 Å². The minimum atomic E-state index is 0.160. The van der Waals surface area contributed by atoms with Crippen molar-refractivity contribution in [3.8, 4) is 0 Å². The molecule has 0 spiro atoms. The summed E-state index contributed by atoms with van der Waals surface area (Å²) in [5.74, 6) is 0. The molecule has 0 saturated carbocycles. The first kappa shape index (κ1) is 15.7. The fourth-order valence-corrected chi connectivity index (χ4v) is 2.91. The summed E-state index contributed by atoms with van der Waals surface area (Å²) in [5.41, 5.74) is 2.49. The van der Waals surface area contributed by atoms with Crippen molar-refractivity contribution in [3.05, 3.63) is 78.1 Å². The summed E-state index contributed by atoms with van der Waals surface area (Å²) in [7, 11) is 0. The van der Waals surface area contributed by atoms with Crippen LogP contribution in [0.25, 0.3) is 10.8 Å². The standard InChI is InChI=1S/C21H23NO/c1-2-3-12-21(17-8-5-4-6-9-17)23-16-19-11-7-10-18-15-22-14-13-20(18)19/h4-11,13-15,21H,2-3,12,16H2,1H3. The van der Waals surface area contributed by atoms with Crippen molar-refractivity contribution >= 4 is 10.8 Å². The van der Waals surface area contributed by atoms with Crippen molar-refractivity contribution in [1.29, 1.82) is 0 Å². The van der Waals surface area contributed by atoms with Crippen LogP contribution >= 0.6 is 0 Å². The van der Waals surface area contributed by atoms with Crippen molar-refractivity contribution in [2.24, 2.45) is 0 Å². The Hall–Kier alpha value is -2.19. The summed E-state index contributed by atoms with van der Waals surface area (Å²) in [6.07, 6.45) is 7.34. The summed E-state index contributed by atoms with van der Waals surface area (Å²) >= 11 is 0. The summed E-state index contributed by atoms with van der Waals surface area (Å²) in [5, 5.41) is 2.39. The van der Waals surface area contributed by atoms with Gasteiger partial charge in [0.25, 0.3) is 0 Å². The summed E-state index contributed by atoms with van der Waals surface area (Å²) in [4.78, 5) is 4.20. The van der Waals surface area contributed by atoms with Gasteiger partial charge in [-0.3, -0.25) is 4.98 Å². The molecule has 0 aliphatic rings. The topological polar surface area (TPSA) is 22.1 Å². The largest absolute Gasteiger partial charge is 0.369 e. The van der Waals surface area contributed by atoms with Gasteiger partial charge in [-0.2, -0.15) is 0 Å². The molecular formula is C21H23NO. The number of ether oxygens (including phenoxy) is 1. The van der Waals surface area contributed by atoms with Crippen LogP contribution in [0.2, 0.25) is 0 Å². The molecular weight excluding hydrogens is 282 g/mol. The van der Waals surface area contributed by atoms with E-state index in [-0.39, 0.29) is 6.10 Å². The summed E-state index contributed by atoms with van der Waals surface area (Å²) < 4.78 is 6.30. The van der Waals surface area contributed by atoms with Gasteiger partial charge in [-0.15, -0.1) is 0 Å². The van der Waals surface area contributed by atoms with E-state index in [1.165, 1.54) is 34.7 Å². The minimum Gasteiger partial charge on any atom is -0.369 e. The number of pyridine rings is 1. The number of rotatable bonds is 7. The Bertz CT molecular complexity index is 734. The van der Waals surface area contributed by atoms with Gasteiger partial charge in [-0.1, -0.05) is 68.3 Å². The number of nitrogens with zero attached hydrogens (tertiary/aromatic N) is 1. The predicted molar refractivity (Wildman–Crippen MR) is 95.2 cm³/mol. The molecule has 0 saturated heterocycles. The molecule has 1 aromatic heterocycles. The molecule has 1 heterocycles. The van der Waals surface area contributed by atoms with Gasteiger partial charge in [0.05, 0.1) is 12.7 Å². The highest BCUT2D eigenvalue weighted by atomic mass is 16.5. The van der Waals surface area contributed by atoms with Crippen molar-refractivity contribution in [1.82, 2.24) is 4.98 Å². The first-order valence-electron chi connectivity index (χ1n) is 8.36. The highest BCUT2D eigenvalue weighted by Gasteiger charge is 2.12. The third-order valence-electron chi connectivity index (χ3n) is 4.20. The Morgan fingerprint density at radius 2 is 1.87 bits per heavy atom. The van der Waals surface area contributed by atoms with Gasteiger partial charge in [0, 0.05) is 17.8 Å². The Morgan fingerprint density at radius 3 is 2.70 bits per heavy atom. The minimum absolute atomic E-state index is 0.160. The Balaban J connectivity index is 1.77. The third-order valence-corrected chi connectivity index (χ3v) is 4.20. The molecule has 0 N–H and O–H groups in total. The van der Waals surface area contributed by atoms with E-state index in [9.17, 15) is 0 Å². The first-order valence-corrected chi connectivity index (χ1v) is 8.36. The third kappa shape index (κ3) is 3.96. The van der Waals surface area contributed by atoms with Gasteiger partial charge in [-0.25, -0.2) is 0 Å². The second kappa shape index (κ2) is 7.89. The van der Waals surface area contributed by atoms with E-state index in [1.807, 2.05) is 12.4 Å². The van der Waals surface area contributed by atoms with E-state index in [4.69, 9.17) is 4.74 Å². The molecule has 0 fully saturated rings. The monoisotopic (exact) mass is 305 g/mol. The number of hydrogen-bond donors (Lipinski definition) is 0. The Labute approximate surface area is 138 Å².